The molecule has 0 aliphatic carbocycles. The van der Waals surface area contributed by atoms with Crippen LogP contribution in [0.15, 0.2) is 42.6 Å². The van der Waals surface area contributed by atoms with Crippen molar-refractivity contribution in [2.24, 2.45) is 0 Å². The quantitative estimate of drug-likeness (QED) is 0.606. The predicted molar refractivity (Wildman–Crippen MR) is 92.9 cm³/mol. The zero-order valence-corrected chi connectivity index (χ0v) is 15.3. The van der Waals surface area contributed by atoms with Crippen LogP contribution in [0.3, 0.4) is 0 Å². The van der Waals surface area contributed by atoms with Gasteiger partial charge in [-0.15, -0.1) is 10.2 Å². The average molecular weight is 409 g/mol. The summed E-state index contributed by atoms with van der Waals surface area (Å²) in [7, 11) is 2.68. The fourth-order valence-electron chi connectivity index (χ4n) is 2.63. The standard InChI is InChI=1S/C18H15F4N5O2/c1-26(10-11-3-5-12(19)6-4-11)17(28)13-9-23-27(16(13)18(20,21)22)14-7-8-15(29-2)25-24-14/h3-9H,10H2,1-2H3. The predicted octanol–water partition coefficient (Wildman–Crippen LogP) is 3.10. The van der Waals surface area contributed by atoms with Gasteiger partial charge in [0.05, 0.1) is 18.9 Å². The third-order valence-electron chi connectivity index (χ3n) is 4.00. The lowest BCUT2D eigenvalue weighted by Gasteiger charge is -2.18. The van der Waals surface area contributed by atoms with Crippen molar-refractivity contribution in [2.45, 2.75) is 12.7 Å². The Balaban J connectivity index is 1.94. The van der Waals surface area contributed by atoms with E-state index in [1.54, 1.807) is 0 Å². The zero-order valence-electron chi connectivity index (χ0n) is 15.3. The summed E-state index contributed by atoms with van der Waals surface area (Å²) in [5.74, 6) is -1.46. The molecule has 1 amide bonds. The summed E-state index contributed by atoms with van der Waals surface area (Å²) < 4.78 is 59.5. The Hall–Kier alpha value is -3.50. The first-order chi connectivity index (χ1) is 13.7. The number of nitrogens with zero attached hydrogens (tertiary/aromatic N) is 5. The van der Waals surface area contributed by atoms with E-state index in [0.717, 1.165) is 11.1 Å². The molecule has 0 spiro atoms. The number of amides is 1. The van der Waals surface area contributed by atoms with Crippen LogP contribution in [0.4, 0.5) is 17.6 Å². The van der Waals surface area contributed by atoms with E-state index in [1.165, 1.54) is 50.6 Å². The number of halogens is 4. The number of rotatable bonds is 5. The molecule has 0 aliphatic heterocycles. The second-order valence-corrected chi connectivity index (χ2v) is 6.04. The van der Waals surface area contributed by atoms with Gasteiger partial charge >= 0.3 is 6.18 Å². The highest BCUT2D eigenvalue weighted by Crippen LogP contribution is 2.34. The van der Waals surface area contributed by atoms with Crippen LogP contribution < -0.4 is 4.74 Å². The van der Waals surface area contributed by atoms with Crippen molar-refractivity contribution < 1.29 is 27.1 Å². The Bertz CT molecular complexity index is 1000. The number of methoxy groups -OCH3 is 1. The minimum absolute atomic E-state index is 0.00999. The number of hydrogen-bond acceptors (Lipinski definition) is 5. The highest BCUT2D eigenvalue weighted by atomic mass is 19.4. The van der Waals surface area contributed by atoms with Gasteiger partial charge in [0.1, 0.15) is 5.82 Å². The summed E-state index contributed by atoms with van der Waals surface area (Å²) in [6.45, 7) is -0.00999. The van der Waals surface area contributed by atoms with Crippen LogP contribution in [0.5, 0.6) is 5.88 Å². The maximum atomic E-state index is 13.7. The second kappa shape index (κ2) is 7.86. The van der Waals surface area contributed by atoms with Gasteiger partial charge in [-0.2, -0.15) is 18.3 Å². The molecule has 7 nitrogen and oxygen atoms in total. The fourth-order valence-corrected chi connectivity index (χ4v) is 2.63. The summed E-state index contributed by atoms with van der Waals surface area (Å²) in [4.78, 5) is 13.8. The Morgan fingerprint density at radius 2 is 1.83 bits per heavy atom. The molecule has 11 heteroatoms. The average Bonchev–Trinajstić information content (AvgIpc) is 3.15. The van der Waals surface area contributed by atoms with E-state index in [4.69, 9.17) is 4.74 Å². The van der Waals surface area contributed by atoms with E-state index < -0.39 is 29.2 Å². The Kier molecular flexibility index (Phi) is 5.48. The minimum atomic E-state index is -4.88. The summed E-state index contributed by atoms with van der Waals surface area (Å²) in [5, 5.41) is 11.0. The van der Waals surface area contributed by atoms with E-state index in [0.29, 0.717) is 10.2 Å². The van der Waals surface area contributed by atoms with Gasteiger partial charge in [-0.25, -0.2) is 9.07 Å². The molecule has 0 saturated carbocycles. The highest BCUT2D eigenvalue weighted by molar-refractivity contribution is 5.95. The van der Waals surface area contributed by atoms with Gasteiger partial charge < -0.3 is 9.64 Å². The van der Waals surface area contributed by atoms with Gasteiger partial charge in [0.25, 0.3) is 5.91 Å². The van der Waals surface area contributed by atoms with Crippen molar-refractivity contribution in [1.29, 1.82) is 0 Å². The first-order valence-corrected chi connectivity index (χ1v) is 8.24. The van der Waals surface area contributed by atoms with Crippen LogP contribution in [0.25, 0.3) is 5.82 Å². The van der Waals surface area contributed by atoms with Gasteiger partial charge in [-0.3, -0.25) is 4.79 Å². The number of carbonyl (C=O) groups excluding carboxylic acids is 1. The summed E-state index contributed by atoms with van der Waals surface area (Å²) in [6.07, 6.45) is -4.04. The molecular formula is C18H15F4N5O2. The summed E-state index contributed by atoms with van der Waals surface area (Å²) >= 11 is 0. The molecule has 0 radical (unpaired) electrons. The molecule has 29 heavy (non-hydrogen) atoms. The lowest BCUT2D eigenvalue weighted by atomic mass is 10.1. The second-order valence-electron chi connectivity index (χ2n) is 6.04. The molecule has 0 saturated heterocycles. The molecule has 0 unspecified atom stereocenters. The largest absolute Gasteiger partial charge is 0.480 e. The van der Waals surface area contributed by atoms with Crippen LogP contribution >= 0.6 is 0 Å². The number of hydrogen-bond donors (Lipinski definition) is 0. The molecule has 3 rings (SSSR count). The van der Waals surface area contributed by atoms with Gasteiger partial charge in [0, 0.05) is 19.7 Å². The number of carbonyl (C=O) groups is 1. The topological polar surface area (TPSA) is 73.1 Å². The number of alkyl halides is 3. The van der Waals surface area contributed by atoms with Gasteiger partial charge in [-0.05, 0) is 23.8 Å². The van der Waals surface area contributed by atoms with Crippen LogP contribution in [0.2, 0.25) is 0 Å². The smallest absolute Gasteiger partial charge is 0.434 e. The molecule has 0 atom stereocenters. The molecule has 2 heterocycles. The van der Waals surface area contributed by atoms with Crippen LogP contribution in [0, 0.1) is 5.82 Å². The van der Waals surface area contributed by atoms with Crippen molar-refractivity contribution in [3.05, 3.63) is 65.2 Å². The van der Waals surface area contributed by atoms with Crippen molar-refractivity contribution in [3.8, 4) is 11.7 Å². The van der Waals surface area contributed by atoms with E-state index >= 15 is 0 Å². The highest BCUT2D eigenvalue weighted by Gasteiger charge is 2.41. The lowest BCUT2D eigenvalue weighted by molar-refractivity contribution is -0.143. The SMILES string of the molecule is COc1ccc(-n2ncc(C(=O)N(C)Cc3ccc(F)cc3)c2C(F)(F)F)nn1. The zero-order chi connectivity index (χ0) is 21.2. The molecule has 2 aromatic heterocycles. The van der Waals surface area contributed by atoms with Crippen molar-refractivity contribution in [2.75, 3.05) is 14.2 Å². The lowest BCUT2D eigenvalue weighted by Crippen LogP contribution is -2.28. The molecule has 0 aliphatic rings. The van der Waals surface area contributed by atoms with Gasteiger partial charge in [0.2, 0.25) is 5.88 Å². The number of aromatic nitrogens is 4. The third kappa shape index (κ3) is 4.33. The van der Waals surface area contributed by atoms with E-state index in [9.17, 15) is 22.4 Å². The number of ether oxygens (including phenoxy) is 1. The molecule has 152 valence electrons. The minimum Gasteiger partial charge on any atom is -0.480 e. The van der Waals surface area contributed by atoms with Crippen LogP contribution in [-0.2, 0) is 12.7 Å². The maximum absolute atomic E-state index is 13.7. The maximum Gasteiger partial charge on any atom is 0.434 e. The molecular weight excluding hydrogens is 394 g/mol. The van der Waals surface area contributed by atoms with Crippen LogP contribution in [0.1, 0.15) is 21.6 Å². The molecule has 3 aromatic rings. The monoisotopic (exact) mass is 409 g/mol. The van der Waals surface area contributed by atoms with E-state index in [-0.39, 0.29) is 18.2 Å². The fraction of sp³-hybridized carbons (Fsp3) is 0.222. The first kappa shape index (κ1) is 20.2. The molecule has 1 aromatic carbocycles. The van der Waals surface area contributed by atoms with Gasteiger partial charge in [-0.1, -0.05) is 12.1 Å². The Morgan fingerprint density at radius 1 is 1.14 bits per heavy atom. The van der Waals surface area contributed by atoms with E-state index in [2.05, 4.69) is 15.3 Å². The Morgan fingerprint density at radius 3 is 2.38 bits per heavy atom. The number of benzene rings is 1. The Labute approximate surface area is 162 Å². The summed E-state index contributed by atoms with van der Waals surface area (Å²) in [6, 6.07) is 7.86. The van der Waals surface area contributed by atoms with Crippen molar-refractivity contribution >= 4 is 5.91 Å². The molecule has 0 fully saturated rings. The van der Waals surface area contributed by atoms with Crippen molar-refractivity contribution in [3.63, 3.8) is 0 Å². The normalized spacial score (nSPS) is 11.4. The molecule has 0 bridgehead atoms. The summed E-state index contributed by atoms with van der Waals surface area (Å²) in [5.41, 5.74) is -1.35. The molecule has 0 N–H and O–H groups in total. The van der Waals surface area contributed by atoms with Gasteiger partial charge in [0.15, 0.2) is 11.5 Å². The van der Waals surface area contributed by atoms with Crippen molar-refractivity contribution in [1.82, 2.24) is 24.9 Å². The first-order valence-electron chi connectivity index (χ1n) is 8.24. The van der Waals surface area contributed by atoms with E-state index in [1.807, 2.05) is 0 Å². The van der Waals surface area contributed by atoms with Crippen LogP contribution in [-0.4, -0.2) is 44.9 Å². The third-order valence-corrected chi connectivity index (χ3v) is 4.00.